The van der Waals surface area contributed by atoms with E-state index in [9.17, 15) is 0 Å². The van der Waals surface area contributed by atoms with Crippen LogP contribution in [0.1, 0.15) is 17.2 Å². The molecule has 1 aliphatic heterocycles. The van der Waals surface area contributed by atoms with Crippen molar-refractivity contribution in [2.45, 2.75) is 6.04 Å². The van der Waals surface area contributed by atoms with Crippen LogP contribution >= 0.6 is 23.2 Å². The molecule has 0 saturated heterocycles. The van der Waals surface area contributed by atoms with Crippen LogP contribution in [-0.4, -0.2) is 5.29 Å². The van der Waals surface area contributed by atoms with Gasteiger partial charge in [0.2, 0.25) is 0 Å². The number of rotatable bonds is 1. The molecular weight excluding hydrogens is 267 g/mol. The summed E-state index contributed by atoms with van der Waals surface area (Å²) in [5.74, 6) is 0. The number of halogens is 2. The van der Waals surface area contributed by atoms with Crippen LogP contribution in [0, 0.1) is 0 Å². The predicted molar refractivity (Wildman–Crippen MR) is 76.6 cm³/mol. The van der Waals surface area contributed by atoms with Gasteiger partial charge in [0.05, 0.1) is 0 Å². The smallest absolute Gasteiger partial charge is 0.196 e. The molecule has 3 rings (SSSR count). The molecule has 1 aliphatic rings. The van der Waals surface area contributed by atoms with Gasteiger partial charge in [-0.1, -0.05) is 41.9 Å². The van der Waals surface area contributed by atoms with Gasteiger partial charge in [-0.2, -0.15) is 0 Å². The SMILES string of the molecule is ClC1=NC(c2ccccc2)c2cc(Cl)ccc2N1. The van der Waals surface area contributed by atoms with Crippen molar-refractivity contribution in [2.24, 2.45) is 4.99 Å². The van der Waals surface area contributed by atoms with Crippen LogP contribution in [0.5, 0.6) is 0 Å². The topological polar surface area (TPSA) is 24.4 Å². The van der Waals surface area contributed by atoms with Crippen molar-refractivity contribution in [1.29, 1.82) is 0 Å². The van der Waals surface area contributed by atoms with Gasteiger partial charge < -0.3 is 5.32 Å². The summed E-state index contributed by atoms with van der Waals surface area (Å²) in [6, 6.07) is 15.6. The van der Waals surface area contributed by atoms with Crippen molar-refractivity contribution >= 4 is 34.2 Å². The fourth-order valence-electron chi connectivity index (χ4n) is 2.09. The third-order valence-corrected chi connectivity index (χ3v) is 3.33. The van der Waals surface area contributed by atoms with E-state index in [4.69, 9.17) is 23.2 Å². The lowest BCUT2D eigenvalue weighted by atomic mass is 9.97. The van der Waals surface area contributed by atoms with E-state index >= 15 is 0 Å². The molecule has 2 aromatic carbocycles. The normalized spacial score (nSPS) is 17.7. The first-order valence-corrected chi connectivity index (χ1v) is 6.34. The lowest BCUT2D eigenvalue weighted by Gasteiger charge is -2.23. The highest BCUT2D eigenvalue weighted by Gasteiger charge is 2.22. The van der Waals surface area contributed by atoms with Gasteiger partial charge in [-0.3, -0.25) is 0 Å². The van der Waals surface area contributed by atoms with Crippen molar-refractivity contribution in [2.75, 3.05) is 5.32 Å². The van der Waals surface area contributed by atoms with Crippen LogP contribution in [0.15, 0.2) is 53.5 Å². The van der Waals surface area contributed by atoms with Gasteiger partial charge in [0.15, 0.2) is 5.29 Å². The predicted octanol–water partition coefficient (Wildman–Crippen LogP) is 4.45. The van der Waals surface area contributed by atoms with Gasteiger partial charge in [0.25, 0.3) is 0 Å². The molecule has 0 saturated carbocycles. The van der Waals surface area contributed by atoms with Crippen LogP contribution in [-0.2, 0) is 0 Å². The number of amidine groups is 1. The van der Waals surface area contributed by atoms with Crippen LogP contribution in [0.3, 0.4) is 0 Å². The van der Waals surface area contributed by atoms with Crippen LogP contribution in [0.4, 0.5) is 5.69 Å². The molecule has 2 nitrogen and oxygen atoms in total. The molecule has 2 aromatic rings. The third kappa shape index (κ3) is 2.09. The lowest BCUT2D eigenvalue weighted by Crippen LogP contribution is -2.16. The van der Waals surface area contributed by atoms with Crippen molar-refractivity contribution in [3.8, 4) is 0 Å². The maximum Gasteiger partial charge on any atom is 0.196 e. The van der Waals surface area contributed by atoms with E-state index in [0.717, 1.165) is 16.8 Å². The Bertz CT molecular complexity index is 608. The molecule has 0 aromatic heterocycles. The molecule has 4 heteroatoms. The third-order valence-electron chi connectivity index (χ3n) is 2.90. The molecular formula is C14H10Cl2N2. The average molecular weight is 277 g/mol. The van der Waals surface area contributed by atoms with E-state index in [1.165, 1.54) is 0 Å². The van der Waals surface area contributed by atoms with Gasteiger partial charge in [0, 0.05) is 16.3 Å². The molecule has 90 valence electrons. The Morgan fingerprint density at radius 3 is 2.56 bits per heavy atom. The first-order valence-electron chi connectivity index (χ1n) is 5.59. The summed E-state index contributed by atoms with van der Waals surface area (Å²) in [5, 5.41) is 4.14. The summed E-state index contributed by atoms with van der Waals surface area (Å²) in [4.78, 5) is 4.45. The zero-order valence-electron chi connectivity index (χ0n) is 9.40. The van der Waals surface area contributed by atoms with E-state index in [-0.39, 0.29) is 6.04 Å². The maximum absolute atomic E-state index is 6.06. The summed E-state index contributed by atoms with van der Waals surface area (Å²) in [7, 11) is 0. The largest absolute Gasteiger partial charge is 0.330 e. The quantitative estimate of drug-likeness (QED) is 0.765. The van der Waals surface area contributed by atoms with Crippen molar-refractivity contribution in [3.63, 3.8) is 0 Å². The van der Waals surface area contributed by atoms with Crippen molar-refractivity contribution in [1.82, 2.24) is 0 Å². The van der Waals surface area contributed by atoms with Gasteiger partial charge in [-0.15, -0.1) is 0 Å². The first kappa shape index (κ1) is 11.6. The van der Waals surface area contributed by atoms with E-state index in [2.05, 4.69) is 10.3 Å². The highest BCUT2D eigenvalue weighted by molar-refractivity contribution is 6.67. The van der Waals surface area contributed by atoms with Crippen LogP contribution in [0.25, 0.3) is 0 Å². The average Bonchev–Trinajstić information content (AvgIpc) is 2.39. The second-order valence-electron chi connectivity index (χ2n) is 4.09. The second-order valence-corrected chi connectivity index (χ2v) is 4.88. The standard InChI is InChI=1S/C14H10Cl2N2/c15-10-6-7-12-11(8-10)13(18-14(16)17-12)9-4-2-1-3-5-9/h1-8,13H,(H,17,18). The molecule has 0 aliphatic carbocycles. The van der Waals surface area contributed by atoms with E-state index in [0.29, 0.717) is 10.3 Å². The lowest BCUT2D eigenvalue weighted by molar-refractivity contribution is 0.868. The Hall–Kier alpha value is -1.51. The number of hydrogen-bond donors (Lipinski definition) is 1. The number of benzene rings is 2. The summed E-state index contributed by atoms with van der Waals surface area (Å²) in [5.41, 5.74) is 3.09. The number of aliphatic imine (C=N–C) groups is 1. The molecule has 0 radical (unpaired) electrons. The number of fused-ring (bicyclic) bond motifs is 1. The minimum Gasteiger partial charge on any atom is -0.330 e. The van der Waals surface area contributed by atoms with Gasteiger partial charge >= 0.3 is 0 Å². The number of anilines is 1. The minimum absolute atomic E-state index is 0.103. The molecule has 1 unspecified atom stereocenters. The number of nitrogens with zero attached hydrogens (tertiary/aromatic N) is 1. The van der Waals surface area contributed by atoms with Crippen LogP contribution in [0.2, 0.25) is 5.02 Å². The fourth-order valence-corrected chi connectivity index (χ4v) is 2.47. The van der Waals surface area contributed by atoms with Crippen molar-refractivity contribution < 1.29 is 0 Å². The zero-order chi connectivity index (χ0) is 12.5. The maximum atomic E-state index is 6.06. The van der Waals surface area contributed by atoms with Crippen molar-refractivity contribution in [3.05, 3.63) is 64.7 Å². The molecule has 1 atom stereocenters. The fraction of sp³-hybridized carbons (Fsp3) is 0.0714. The molecule has 1 heterocycles. The van der Waals surface area contributed by atoms with Gasteiger partial charge in [-0.05, 0) is 35.4 Å². The minimum atomic E-state index is -0.103. The van der Waals surface area contributed by atoms with Gasteiger partial charge in [-0.25, -0.2) is 4.99 Å². The number of nitrogens with one attached hydrogen (secondary N) is 1. The molecule has 0 bridgehead atoms. The summed E-state index contributed by atoms with van der Waals surface area (Å²) < 4.78 is 0. The Labute approximate surface area is 115 Å². The first-order chi connectivity index (χ1) is 8.74. The monoisotopic (exact) mass is 276 g/mol. The summed E-state index contributed by atoms with van der Waals surface area (Å²) in [6.07, 6.45) is 0. The molecule has 0 fully saturated rings. The Morgan fingerprint density at radius 2 is 1.78 bits per heavy atom. The molecule has 0 spiro atoms. The molecule has 1 N–H and O–H groups in total. The molecule has 18 heavy (non-hydrogen) atoms. The van der Waals surface area contributed by atoms with E-state index < -0.39 is 0 Å². The summed E-state index contributed by atoms with van der Waals surface area (Å²) in [6.45, 7) is 0. The van der Waals surface area contributed by atoms with E-state index in [1.54, 1.807) is 0 Å². The highest BCUT2D eigenvalue weighted by Crippen LogP contribution is 2.36. The molecule has 0 amide bonds. The van der Waals surface area contributed by atoms with E-state index in [1.807, 2.05) is 48.5 Å². The summed E-state index contributed by atoms with van der Waals surface area (Å²) >= 11 is 12.1. The van der Waals surface area contributed by atoms with Gasteiger partial charge in [0.1, 0.15) is 6.04 Å². The van der Waals surface area contributed by atoms with Crippen LogP contribution < -0.4 is 5.32 Å². The Morgan fingerprint density at radius 1 is 1.00 bits per heavy atom. The Balaban J connectivity index is 2.14. The second kappa shape index (κ2) is 4.63. The number of hydrogen-bond acceptors (Lipinski definition) is 2. The highest BCUT2D eigenvalue weighted by atomic mass is 35.5. The zero-order valence-corrected chi connectivity index (χ0v) is 10.9. The Kier molecular flexibility index (Phi) is 2.98.